The summed E-state index contributed by atoms with van der Waals surface area (Å²) < 4.78 is 0. The minimum Gasteiger partial charge on any atom is -0.354 e. The van der Waals surface area contributed by atoms with Gasteiger partial charge in [-0.1, -0.05) is 43.5 Å². The molecule has 29 heavy (non-hydrogen) atoms. The summed E-state index contributed by atoms with van der Waals surface area (Å²) in [5.41, 5.74) is 8.43. The van der Waals surface area contributed by atoms with Gasteiger partial charge in [-0.3, -0.25) is 0 Å². The van der Waals surface area contributed by atoms with Crippen molar-refractivity contribution in [1.82, 2.24) is 15.0 Å². The van der Waals surface area contributed by atoms with Crippen LogP contribution in [-0.2, 0) is 12.8 Å². The number of nitrogens with two attached hydrogens (primary N) is 1. The van der Waals surface area contributed by atoms with E-state index in [1.807, 2.05) is 0 Å². The van der Waals surface area contributed by atoms with Crippen molar-refractivity contribution < 1.29 is 0 Å². The molecule has 0 saturated heterocycles. The van der Waals surface area contributed by atoms with Crippen LogP contribution in [0.2, 0.25) is 0 Å². The molecule has 4 rings (SSSR count). The van der Waals surface area contributed by atoms with Gasteiger partial charge < -0.3 is 21.7 Å². The number of unbranched alkanes of at least 4 members (excludes halogenated alkanes) is 1. The molecule has 0 bridgehead atoms. The fourth-order valence-corrected chi connectivity index (χ4v) is 4.33. The average molecular weight is 396 g/mol. The Kier molecular flexibility index (Phi) is 6.77. The summed E-state index contributed by atoms with van der Waals surface area (Å²) in [7, 11) is 0. The number of fused-ring (bicyclic) bond motifs is 1. The molecule has 0 radical (unpaired) electrons. The van der Waals surface area contributed by atoms with Crippen LogP contribution >= 0.6 is 0 Å². The lowest BCUT2D eigenvalue weighted by Crippen LogP contribution is -2.26. The van der Waals surface area contributed by atoms with E-state index in [9.17, 15) is 0 Å². The Balaban J connectivity index is 1.44. The number of hydrogen-bond acceptors (Lipinski definition) is 7. The Morgan fingerprint density at radius 2 is 1.41 bits per heavy atom. The lowest BCUT2D eigenvalue weighted by Gasteiger charge is -2.23. The first-order valence-corrected chi connectivity index (χ1v) is 11.1. The number of nitrogens with zero attached hydrogens (tertiary/aromatic N) is 3. The van der Waals surface area contributed by atoms with Crippen LogP contribution < -0.4 is 21.7 Å². The van der Waals surface area contributed by atoms with E-state index in [1.165, 1.54) is 43.2 Å². The highest BCUT2D eigenvalue weighted by molar-refractivity contribution is 5.45. The molecule has 0 amide bonds. The normalized spacial score (nSPS) is 17.1. The van der Waals surface area contributed by atoms with Crippen molar-refractivity contribution in [3.05, 3.63) is 35.4 Å². The van der Waals surface area contributed by atoms with Crippen molar-refractivity contribution >= 4 is 17.8 Å². The third kappa shape index (κ3) is 5.56. The van der Waals surface area contributed by atoms with Gasteiger partial charge >= 0.3 is 0 Å². The molecule has 1 saturated carbocycles. The van der Waals surface area contributed by atoms with Crippen molar-refractivity contribution in [3.63, 3.8) is 0 Å². The van der Waals surface area contributed by atoms with Crippen molar-refractivity contribution in [3.8, 4) is 0 Å². The number of hydrogen-bond donors (Lipinski definition) is 4. The Morgan fingerprint density at radius 3 is 2.07 bits per heavy atom. The fraction of sp³-hybridized carbons (Fsp3) is 0.591. The molecular weight excluding hydrogens is 362 g/mol. The molecule has 2 aromatic rings. The number of nitrogens with one attached hydrogen (secondary N) is 3. The van der Waals surface area contributed by atoms with Gasteiger partial charge in [0, 0.05) is 18.6 Å². The number of anilines is 3. The zero-order valence-electron chi connectivity index (χ0n) is 17.2. The second kappa shape index (κ2) is 9.87. The van der Waals surface area contributed by atoms with Crippen LogP contribution in [0.15, 0.2) is 24.3 Å². The molecule has 0 aliphatic heterocycles. The maximum atomic E-state index is 5.60. The summed E-state index contributed by atoms with van der Waals surface area (Å²) in [4.78, 5) is 14.0. The third-order valence-electron chi connectivity index (χ3n) is 5.87. The topological polar surface area (TPSA) is 101 Å². The lowest BCUT2D eigenvalue weighted by molar-refractivity contribution is 0.461. The van der Waals surface area contributed by atoms with Crippen molar-refractivity contribution in [1.29, 1.82) is 0 Å². The summed E-state index contributed by atoms with van der Waals surface area (Å²) in [6.07, 6.45) is 10.3. The van der Waals surface area contributed by atoms with Gasteiger partial charge in [0.2, 0.25) is 17.8 Å². The van der Waals surface area contributed by atoms with E-state index < -0.39 is 0 Å². The zero-order valence-corrected chi connectivity index (χ0v) is 17.2. The van der Waals surface area contributed by atoms with E-state index >= 15 is 0 Å². The van der Waals surface area contributed by atoms with Gasteiger partial charge in [-0.25, -0.2) is 0 Å². The quantitative estimate of drug-likeness (QED) is 0.483. The summed E-state index contributed by atoms with van der Waals surface area (Å²) in [6.45, 7) is 1.53. The van der Waals surface area contributed by atoms with Crippen LogP contribution in [0.5, 0.6) is 0 Å². The van der Waals surface area contributed by atoms with Crippen molar-refractivity contribution in [2.24, 2.45) is 5.73 Å². The van der Waals surface area contributed by atoms with Crippen LogP contribution in [0.3, 0.4) is 0 Å². The summed E-state index contributed by atoms with van der Waals surface area (Å²) in [6, 6.07) is 9.43. The van der Waals surface area contributed by atoms with E-state index in [2.05, 4.69) is 50.2 Å². The SMILES string of the molecule is NCCCCNc1nc(NC2CCCCC2)nc(NC2Cc3ccccc3C2)n1. The second-order valence-corrected chi connectivity index (χ2v) is 8.23. The standard InChI is InChI=1S/C22H33N7/c23-12-6-7-13-24-20-27-21(25-18-10-2-1-3-11-18)29-22(28-20)26-19-14-16-8-4-5-9-17(16)15-19/h4-5,8-9,18-19H,1-3,6-7,10-15,23H2,(H3,24,25,26,27,28,29). The van der Waals surface area contributed by atoms with Gasteiger partial charge in [-0.05, 0) is 56.2 Å². The Labute approximate surface area is 173 Å². The highest BCUT2D eigenvalue weighted by atomic mass is 15.3. The predicted octanol–water partition coefficient (Wildman–Crippen LogP) is 3.35. The third-order valence-corrected chi connectivity index (χ3v) is 5.87. The van der Waals surface area contributed by atoms with Crippen LogP contribution in [0.4, 0.5) is 17.8 Å². The fourth-order valence-electron chi connectivity index (χ4n) is 4.33. The average Bonchev–Trinajstić information content (AvgIpc) is 3.14. The number of benzene rings is 1. The molecular formula is C22H33N7. The molecule has 2 aliphatic rings. The number of aromatic nitrogens is 3. The summed E-state index contributed by atoms with van der Waals surface area (Å²) in [5, 5.41) is 10.4. The summed E-state index contributed by atoms with van der Waals surface area (Å²) >= 11 is 0. The lowest BCUT2D eigenvalue weighted by atomic mass is 9.96. The van der Waals surface area contributed by atoms with Gasteiger partial charge in [-0.15, -0.1) is 0 Å². The number of rotatable bonds is 9. The Hall–Kier alpha value is -2.41. The zero-order chi connectivity index (χ0) is 19.9. The molecule has 1 fully saturated rings. The molecule has 7 nitrogen and oxygen atoms in total. The van der Waals surface area contributed by atoms with Crippen molar-refractivity contribution in [2.45, 2.75) is 69.9 Å². The molecule has 0 atom stereocenters. The molecule has 2 aliphatic carbocycles. The molecule has 0 unspecified atom stereocenters. The maximum Gasteiger partial charge on any atom is 0.229 e. The predicted molar refractivity (Wildman–Crippen MR) is 118 cm³/mol. The van der Waals surface area contributed by atoms with Gasteiger partial charge in [0.25, 0.3) is 0 Å². The first kappa shape index (κ1) is 19.9. The smallest absolute Gasteiger partial charge is 0.229 e. The minimum atomic E-state index is 0.322. The largest absolute Gasteiger partial charge is 0.354 e. The van der Waals surface area contributed by atoms with E-state index in [4.69, 9.17) is 10.7 Å². The molecule has 7 heteroatoms. The Bertz CT molecular complexity index is 763. The van der Waals surface area contributed by atoms with Gasteiger partial charge in [0.15, 0.2) is 0 Å². The van der Waals surface area contributed by atoms with E-state index in [1.54, 1.807) is 0 Å². The molecule has 156 valence electrons. The molecule has 5 N–H and O–H groups in total. The van der Waals surface area contributed by atoms with Crippen LogP contribution in [0, 0.1) is 0 Å². The molecule has 1 aromatic carbocycles. The molecule has 1 aromatic heterocycles. The highest BCUT2D eigenvalue weighted by Crippen LogP contribution is 2.25. The van der Waals surface area contributed by atoms with E-state index in [0.29, 0.717) is 36.5 Å². The van der Waals surface area contributed by atoms with Gasteiger partial charge in [0.1, 0.15) is 0 Å². The monoisotopic (exact) mass is 395 g/mol. The van der Waals surface area contributed by atoms with E-state index in [0.717, 1.165) is 32.2 Å². The maximum absolute atomic E-state index is 5.60. The minimum absolute atomic E-state index is 0.322. The van der Waals surface area contributed by atoms with Crippen molar-refractivity contribution in [2.75, 3.05) is 29.0 Å². The van der Waals surface area contributed by atoms with Gasteiger partial charge in [-0.2, -0.15) is 15.0 Å². The second-order valence-electron chi connectivity index (χ2n) is 8.23. The van der Waals surface area contributed by atoms with Gasteiger partial charge in [0.05, 0.1) is 0 Å². The molecule has 1 heterocycles. The molecule has 0 spiro atoms. The Morgan fingerprint density at radius 1 is 0.793 bits per heavy atom. The van der Waals surface area contributed by atoms with Crippen LogP contribution in [0.25, 0.3) is 0 Å². The van der Waals surface area contributed by atoms with E-state index in [-0.39, 0.29) is 0 Å². The summed E-state index contributed by atoms with van der Waals surface area (Å²) in [5.74, 6) is 1.96. The highest BCUT2D eigenvalue weighted by Gasteiger charge is 2.22. The van der Waals surface area contributed by atoms with Crippen LogP contribution in [-0.4, -0.2) is 40.1 Å². The first-order valence-electron chi connectivity index (χ1n) is 11.1. The van der Waals surface area contributed by atoms with Crippen LogP contribution in [0.1, 0.15) is 56.1 Å². The first-order chi connectivity index (χ1) is 14.3.